The molecule has 2 aromatic carbocycles. The molecule has 0 fully saturated rings. The fourth-order valence-electron chi connectivity index (χ4n) is 2.39. The predicted octanol–water partition coefficient (Wildman–Crippen LogP) is 3.95. The zero-order valence-electron chi connectivity index (χ0n) is 12.7. The van der Waals surface area contributed by atoms with Crippen molar-refractivity contribution in [3.63, 3.8) is 0 Å². The van der Waals surface area contributed by atoms with Crippen LogP contribution in [-0.4, -0.2) is 22.7 Å². The van der Waals surface area contributed by atoms with Crippen molar-refractivity contribution in [3.05, 3.63) is 69.7 Å². The van der Waals surface area contributed by atoms with Crippen molar-refractivity contribution in [1.82, 2.24) is 0 Å². The molecule has 0 spiro atoms. The van der Waals surface area contributed by atoms with Gasteiger partial charge in [0.15, 0.2) is 0 Å². The molecule has 6 heteroatoms. The third-order valence-electron chi connectivity index (χ3n) is 3.56. The number of hydrazone groups is 1. The number of carbonyl (C=O) groups is 2. The summed E-state index contributed by atoms with van der Waals surface area (Å²) < 4.78 is 0.919. The number of rotatable bonds is 3. The van der Waals surface area contributed by atoms with Gasteiger partial charge in [0.1, 0.15) is 0 Å². The largest absolute Gasteiger partial charge is 0.478 e. The van der Waals surface area contributed by atoms with E-state index in [1.807, 2.05) is 24.3 Å². The van der Waals surface area contributed by atoms with Crippen molar-refractivity contribution in [2.24, 2.45) is 5.10 Å². The number of amides is 1. The van der Waals surface area contributed by atoms with Crippen molar-refractivity contribution in [2.75, 3.05) is 5.01 Å². The molecule has 0 radical (unpaired) electrons. The van der Waals surface area contributed by atoms with Gasteiger partial charge in [0.05, 0.1) is 22.5 Å². The van der Waals surface area contributed by atoms with Crippen molar-refractivity contribution in [3.8, 4) is 0 Å². The van der Waals surface area contributed by atoms with Crippen LogP contribution in [0.4, 0.5) is 5.69 Å². The number of hydrogen-bond donors (Lipinski definition) is 1. The van der Waals surface area contributed by atoms with Gasteiger partial charge in [-0.15, -0.1) is 0 Å². The highest BCUT2D eigenvalue weighted by Crippen LogP contribution is 2.26. The van der Waals surface area contributed by atoms with E-state index in [4.69, 9.17) is 5.11 Å². The van der Waals surface area contributed by atoms with Gasteiger partial charge in [-0.1, -0.05) is 34.1 Å². The van der Waals surface area contributed by atoms with E-state index < -0.39 is 5.97 Å². The lowest BCUT2D eigenvalue weighted by atomic mass is 10.1. The smallest absolute Gasteiger partial charge is 0.335 e. The molecule has 0 saturated heterocycles. The lowest BCUT2D eigenvalue weighted by Crippen LogP contribution is -2.21. The monoisotopic (exact) mass is 384 g/mol. The average molecular weight is 385 g/mol. The van der Waals surface area contributed by atoms with E-state index in [9.17, 15) is 9.59 Å². The van der Waals surface area contributed by atoms with Crippen LogP contribution in [0, 0.1) is 0 Å². The minimum atomic E-state index is -1.05. The standard InChI is InChI=1S/C18H13BrN2O3/c1-11-16(9-12-4-2-6-14(19)8-12)17(22)21(20-11)15-7-3-5-13(10-15)18(23)24/h2-10H,1H3,(H,23,24). The summed E-state index contributed by atoms with van der Waals surface area (Å²) >= 11 is 3.40. The van der Waals surface area contributed by atoms with E-state index in [-0.39, 0.29) is 11.5 Å². The third kappa shape index (κ3) is 3.14. The highest BCUT2D eigenvalue weighted by molar-refractivity contribution is 9.10. The number of carboxylic acid groups (broad SMARTS) is 1. The van der Waals surface area contributed by atoms with Crippen LogP contribution in [0.15, 0.2) is 63.7 Å². The first-order valence-electron chi connectivity index (χ1n) is 7.16. The molecule has 1 heterocycles. The summed E-state index contributed by atoms with van der Waals surface area (Å²) in [6.45, 7) is 1.75. The lowest BCUT2D eigenvalue weighted by molar-refractivity contribution is -0.114. The summed E-state index contributed by atoms with van der Waals surface area (Å²) in [7, 11) is 0. The number of nitrogens with zero attached hydrogens (tertiary/aromatic N) is 2. The summed E-state index contributed by atoms with van der Waals surface area (Å²) in [6.07, 6.45) is 1.77. The van der Waals surface area contributed by atoms with Crippen LogP contribution >= 0.6 is 15.9 Å². The van der Waals surface area contributed by atoms with E-state index in [0.717, 1.165) is 10.0 Å². The summed E-state index contributed by atoms with van der Waals surface area (Å²) in [6, 6.07) is 13.7. The third-order valence-corrected chi connectivity index (χ3v) is 4.05. The van der Waals surface area contributed by atoms with Crippen LogP contribution in [0.3, 0.4) is 0 Å². The number of hydrogen-bond acceptors (Lipinski definition) is 3. The van der Waals surface area contributed by atoms with Gasteiger partial charge in [-0.25, -0.2) is 4.79 Å². The second-order valence-electron chi connectivity index (χ2n) is 5.27. The van der Waals surface area contributed by atoms with E-state index in [2.05, 4.69) is 21.0 Å². The highest BCUT2D eigenvalue weighted by Gasteiger charge is 2.29. The second-order valence-corrected chi connectivity index (χ2v) is 6.19. The maximum atomic E-state index is 12.7. The average Bonchev–Trinajstić information content (AvgIpc) is 2.83. The molecule has 2 aromatic rings. The molecule has 1 aliphatic rings. The molecule has 3 rings (SSSR count). The summed E-state index contributed by atoms with van der Waals surface area (Å²) in [4.78, 5) is 23.8. The van der Waals surface area contributed by atoms with E-state index in [0.29, 0.717) is 17.0 Å². The fourth-order valence-corrected chi connectivity index (χ4v) is 2.81. The first-order chi connectivity index (χ1) is 11.5. The molecule has 1 amide bonds. The number of anilines is 1. The van der Waals surface area contributed by atoms with Gasteiger partial charge < -0.3 is 5.11 Å². The Morgan fingerprint density at radius 3 is 2.67 bits per heavy atom. The van der Waals surface area contributed by atoms with Gasteiger partial charge in [-0.05, 0) is 48.9 Å². The van der Waals surface area contributed by atoms with Crippen molar-refractivity contribution in [1.29, 1.82) is 0 Å². The Balaban J connectivity index is 1.96. The van der Waals surface area contributed by atoms with Gasteiger partial charge in [-0.3, -0.25) is 4.79 Å². The Bertz CT molecular complexity index is 903. The number of benzene rings is 2. The first kappa shape index (κ1) is 16.1. The van der Waals surface area contributed by atoms with Gasteiger partial charge >= 0.3 is 5.97 Å². The summed E-state index contributed by atoms with van der Waals surface area (Å²) in [5.74, 6) is -1.33. The van der Waals surface area contributed by atoms with Crippen molar-refractivity contribution < 1.29 is 14.7 Å². The number of aromatic carboxylic acids is 1. The maximum absolute atomic E-state index is 12.7. The maximum Gasteiger partial charge on any atom is 0.335 e. The van der Waals surface area contributed by atoms with Gasteiger partial charge in [0.2, 0.25) is 0 Å². The van der Waals surface area contributed by atoms with Crippen LogP contribution in [-0.2, 0) is 4.79 Å². The molecule has 0 atom stereocenters. The molecule has 0 aromatic heterocycles. The van der Waals surface area contributed by atoms with Crippen molar-refractivity contribution >= 4 is 45.3 Å². The van der Waals surface area contributed by atoms with E-state index in [1.54, 1.807) is 25.1 Å². The van der Waals surface area contributed by atoms with Crippen LogP contribution in [0.25, 0.3) is 6.08 Å². The minimum Gasteiger partial charge on any atom is -0.478 e. The first-order valence-corrected chi connectivity index (χ1v) is 7.95. The predicted molar refractivity (Wildman–Crippen MR) is 96.1 cm³/mol. The highest BCUT2D eigenvalue weighted by atomic mass is 79.9. The molecule has 0 unspecified atom stereocenters. The Morgan fingerprint density at radius 1 is 1.21 bits per heavy atom. The quantitative estimate of drug-likeness (QED) is 0.814. The van der Waals surface area contributed by atoms with Gasteiger partial charge in [0.25, 0.3) is 5.91 Å². The molecule has 5 nitrogen and oxygen atoms in total. The molecular formula is C18H13BrN2O3. The topological polar surface area (TPSA) is 70.0 Å². The molecule has 1 N–H and O–H groups in total. The summed E-state index contributed by atoms with van der Waals surface area (Å²) in [5.41, 5.74) is 2.48. The van der Waals surface area contributed by atoms with Crippen LogP contribution in [0.1, 0.15) is 22.8 Å². The van der Waals surface area contributed by atoms with Gasteiger partial charge in [-0.2, -0.15) is 10.1 Å². The minimum absolute atomic E-state index is 0.109. The molecule has 0 aliphatic carbocycles. The molecule has 24 heavy (non-hydrogen) atoms. The number of halogens is 1. The van der Waals surface area contributed by atoms with E-state index in [1.165, 1.54) is 17.1 Å². The molecule has 1 aliphatic heterocycles. The Hall–Kier alpha value is -2.73. The molecule has 0 bridgehead atoms. The van der Waals surface area contributed by atoms with Gasteiger partial charge in [0, 0.05) is 4.47 Å². The normalized spacial score (nSPS) is 15.8. The Labute approximate surface area is 147 Å². The summed E-state index contributed by atoms with van der Waals surface area (Å²) in [5, 5.41) is 14.6. The zero-order chi connectivity index (χ0) is 17.3. The van der Waals surface area contributed by atoms with Crippen LogP contribution < -0.4 is 5.01 Å². The molecule has 0 saturated carbocycles. The Morgan fingerprint density at radius 2 is 1.96 bits per heavy atom. The Kier molecular flexibility index (Phi) is 4.31. The van der Waals surface area contributed by atoms with Crippen LogP contribution in [0.2, 0.25) is 0 Å². The van der Waals surface area contributed by atoms with Crippen molar-refractivity contribution in [2.45, 2.75) is 6.92 Å². The molecular weight excluding hydrogens is 372 g/mol. The van der Waals surface area contributed by atoms with Crippen LogP contribution in [0.5, 0.6) is 0 Å². The fraction of sp³-hybridized carbons (Fsp3) is 0.0556. The molecule has 120 valence electrons. The van der Waals surface area contributed by atoms with E-state index >= 15 is 0 Å². The zero-order valence-corrected chi connectivity index (χ0v) is 14.3. The number of carbonyl (C=O) groups excluding carboxylic acids is 1. The SMILES string of the molecule is CC1=NN(c2cccc(C(=O)O)c2)C(=O)C1=Cc1cccc(Br)c1. The number of carboxylic acids is 1. The second kappa shape index (κ2) is 6.41. The lowest BCUT2D eigenvalue weighted by Gasteiger charge is -2.12.